The average Bonchev–Trinajstić information content (AvgIpc) is 2.89. The van der Waals surface area contributed by atoms with Crippen LogP contribution in [0.25, 0.3) is 5.57 Å². The molecule has 0 aliphatic carbocycles. The highest BCUT2D eigenvalue weighted by molar-refractivity contribution is 6.36. The quantitative estimate of drug-likeness (QED) is 0.719. The number of hydrogen-bond donors (Lipinski definition) is 1. The fourth-order valence-electron chi connectivity index (χ4n) is 3.15. The van der Waals surface area contributed by atoms with E-state index >= 15 is 0 Å². The minimum absolute atomic E-state index is 0.252. The topological polar surface area (TPSA) is 58.6 Å². The van der Waals surface area contributed by atoms with Crippen LogP contribution in [0.2, 0.25) is 5.02 Å². The van der Waals surface area contributed by atoms with E-state index in [0.717, 1.165) is 5.56 Å². The van der Waals surface area contributed by atoms with Crippen molar-refractivity contribution in [3.63, 3.8) is 0 Å². The summed E-state index contributed by atoms with van der Waals surface area (Å²) >= 11 is 6.11. The molecule has 1 heterocycles. The van der Waals surface area contributed by atoms with Gasteiger partial charge in [-0.25, -0.2) is 0 Å². The van der Waals surface area contributed by atoms with Gasteiger partial charge in [-0.15, -0.1) is 0 Å². The Kier molecular flexibility index (Phi) is 5.75. The molecule has 1 N–H and O–H groups in total. The number of aryl methyl sites for hydroxylation is 1. The van der Waals surface area contributed by atoms with E-state index in [1.54, 1.807) is 36.4 Å². The number of halogens is 1. The third-order valence-electron chi connectivity index (χ3n) is 4.55. The molecule has 3 rings (SSSR count). The Balaban J connectivity index is 2.09. The Morgan fingerprint density at radius 2 is 1.75 bits per heavy atom. The molecule has 6 heteroatoms. The van der Waals surface area contributed by atoms with Crippen molar-refractivity contribution in [3.05, 3.63) is 64.3 Å². The molecule has 0 saturated heterocycles. The van der Waals surface area contributed by atoms with Gasteiger partial charge in [0.25, 0.3) is 11.8 Å². The molecule has 1 aliphatic heterocycles. The number of imide groups is 1. The Morgan fingerprint density at radius 1 is 1.07 bits per heavy atom. The number of hydrogen-bond acceptors (Lipinski definition) is 4. The average molecular weight is 399 g/mol. The number of amides is 2. The number of ether oxygens (including phenoxy) is 1. The molecule has 0 radical (unpaired) electrons. The molecule has 5 nitrogen and oxygen atoms in total. The van der Waals surface area contributed by atoms with Gasteiger partial charge in [-0.2, -0.15) is 0 Å². The van der Waals surface area contributed by atoms with Gasteiger partial charge in [0.2, 0.25) is 0 Å². The first-order chi connectivity index (χ1) is 13.3. The van der Waals surface area contributed by atoms with Crippen LogP contribution in [0.4, 0.5) is 5.69 Å². The van der Waals surface area contributed by atoms with Gasteiger partial charge in [-0.3, -0.25) is 14.5 Å². The van der Waals surface area contributed by atoms with Crippen molar-refractivity contribution in [2.75, 3.05) is 11.9 Å². The maximum atomic E-state index is 13.1. The molecule has 0 unspecified atom stereocenters. The molecular weight excluding hydrogens is 376 g/mol. The van der Waals surface area contributed by atoms with E-state index in [-0.39, 0.29) is 23.6 Å². The zero-order valence-electron chi connectivity index (χ0n) is 16.4. The molecule has 146 valence electrons. The highest BCUT2D eigenvalue weighted by atomic mass is 35.5. The summed E-state index contributed by atoms with van der Waals surface area (Å²) in [6, 6.07) is 12.3. The summed E-state index contributed by atoms with van der Waals surface area (Å²) in [5.41, 5.74) is 2.88. The third kappa shape index (κ3) is 3.76. The lowest BCUT2D eigenvalue weighted by molar-refractivity contribution is -0.138. The number of anilines is 1. The van der Waals surface area contributed by atoms with Crippen LogP contribution >= 0.6 is 11.6 Å². The normalized spacial score (nSPS) is 14.3. The Hall–Kier alpha value is -2.79. The van der Waals surface area contributed by atoms with Crippen molar-refractivity contribution in [1.82, 2.24) is 4.90 Å². The highest BCUT2D eigenvalue weighted by Gasteiger charge is 2.40. The molecule has 2 aromatic carbocycles. The van der Waals surface area contributed by atoms with Gasteiger partial charge in [-0.05, 0) is 63.1 Å². The zero-order chi connectivity index (χ0) is 20.4. The first kappa shape index (κ1) is 20.0. The molecule has 0 atom stereocenters. The summed E-state index contributed by atoms with van der Waals surface area (Å²) in [5, 5.41) is 3.71. The van der Waals surface area contributed by atoms with Crippen LogP contribution in [-0.2, 0) is 9.59 Å². The molecule has 2 amide bonds. The predicted octanol–water partition coefficient (Wildman–Crippen LogP) is 4.65. The van der Waals surface area contributed by atoms with Crippen molar-refractivity contribution >= 4 is 34.7 Å². The van der Waals surface area contributed by atoms with Crippen LogP contribution < -0.4 is 10.1 Å². The number of nitrogens with one attached hydrogen (secondary N) is 1. The molecular formula is C22H23ClN2O3. The summed E-state index contributed by atoms with van der Waals surface area (Å²) in [5.74, 6) is 0.0548. The van der Waals surface area contributed by atoms with E-state index < -0.39 is 0 Å². The Bertz CT molecular complexity index is 949. The first-order valence-electron chi connectivity index (χ1n) is 9.22. The van der Waals surface area contributed by atoms with Crippen LogP contribution in [0.5, 0.6) is 5.75 Å². The summed E-state index contributed by atoms with van der Waals surface area (Å²) in [6.07, 6.45) is 0. The minimum atomic E-state index is -0.344. The largest absolute Gasteiger partial charge is 0.494 e. The molecule has 0 bridgehead atoms. The summed E-state index contributed by atoms with van der Waals surface area (Å²) in [6.45, 7) is 8.02. The molecule has 0 saturated carbocycles. The van der Waals surface area contributed by atoms with Crippen LogP contribution in [0.15, 0.2) is 48.2 Å². The second kappa shape index (κ2) is 8.07. The van der Waals surface area contributed by atoms with Crippen LogP contribution in [0.1, 0.15) is 31.9 Å². The van der Waals surface area contributed by atoms with E-state index in [4.69, 9.17) is 16.3 Å². The van der Waals surface area contributed by atoms with Gasteiger partial charge in [0.1, 0.15) is 11.4 Å². The first-order valence-corrected chi connectivity index (χ1v) is 9.59. The van der Waals surface area contributed by atoms with Crippen molar-refractivity contribution in [1.29, 1.82) is 0 Å². The third-order valence-corrected chi connectivity index (χ3v) is 4.78. The number of nitrogens with zero attached hydrogens (tertiary/aromatic N) is 1. The van der Waals surface area contributed by atoms with E-state index in [2.05, 4.69) is 5.32 Å². The lowest BCUT2D eigenvalue weighted by Crippen LogP contribution is -2.38. The number of carbonyl (C=O) groups excluding carboxylic acids is 2. The fraction of sp³-hybridized carbons (Fsp3) is 0.273. The molecule has 28 heavy (non-hydrogen) atoms. The van der Waals surface area contributed by atoms with E-state index in [1.165, 1.54) is 4.90 Å². The highest BCUT2D eigenvalue weighted by Crippen LogP contribution is 2.33. The van der Waals surface area contributed by atoms with Gasteiger partial charge in [0.15, 0.2) is 0 Å². The maximum Gasteiger partial charge on any atom is 0.278 e. The van der Waals surface area contributed by atoms with Gasteiger partial charge in [0.05, 0.1) is 12.2 Å². The summed E-state index contributed by atoms with van der Waals surface area (Å²) in [4.78, 5) is 27.4. The SMILES string of the molecule is CCOc1ccc(C2=C(Nc3cc(Cl)ccc3C)C(=O)N(C(C)C)C2=O)cc1. The molecule has 0 fully saturated rings. The van der Waals surface area contributed by atoms with E-state index in [9.17, 15) is 9.59 Å². The molecule has 2 aromatic rings. The summed E-state index contributed by atoms with van der Waals surface area (Å²) in [7, 11) is 0. The minimum Gasteiger partial charge on any atom is -0.494 e. The second-order valence-corrected chi connectivity index (χ2v) is 7.30. The number of rotatable bonds is 6. The summed E-state index contributed by atoms with van der Waals surface area (Å²) < 4.78 is 5.47. The van der Waals surface area contributed by atoms with Crippen molar-refractivity contribution in [3.8, 4) is 5.75 Å². The van der Waals surface area contributed by atoms with E-state index in [1.807, 2.05) is 33.8 Å². The monoisotopic (exact) mass is 398 g/mol. The van der Waals surface area contributed by atoms with E-state index in [0.29, 0.717) is 34.2 Å². The Labute approximate surface area is 169 Å². The van der Waals surface area contributed by atoms with Gasteiger partial charge in [-0.1, -0.05) is 29.8 Å². The van der Waals surface area contributed by atoms with Crippen molar-refractivity contribution < 1.29 is 14.3 Å². The van der Waals surface area contributed by atoms with Crippen LogP contribution in [-0.4, -0.2) is 29.4 Å². The second-order valence-electron chi connectivity index (χ2n) is 6.87. The van der Waals surface area contributed by atoms with Crippen molar-refractivity contribution in [2.45, 2.75) is 33.7 Å². The lowest BCUT2D eigenvalue weighted by Gasteiger charge is -2.19. The number of carbonyl (C=O) groups is 2. The standard InChI is InChI=1S/C22H23ClN2O3/c1-5-28-17-10-7-15(8-11-17)19-20(22(27)25(13(2)3)21(19)26)24-18-12-16(23)9-6-14(18)4/h6-13,24H,5H2,1-4H3. The van der Waals surface area contributed by atoms with Crippen LogP contribution in [0, 0.1) is 6.92 Å². The number of benzene rings is 2. The smallest absolute Gasteiger partial charge is 0.278 e. The van der Waals surface area contributed by atoms with Gasteiger partial charge in [0, 0.05) is 16.8 Å². The molecule has 1 aliphatic rings. The molecule has 0 spiro atoms. The van der Waals surface area contributed by atoms with Gasteiger partial charge < -0.3 is 10.1 Å². The maximum absolute atomic E-state index is 13.1. The molecule has 0 aromatic heterocycles. The fourth-order valence-corrected chi connectivity index (χ4v) is 3.32. The lowest BCUT2D eigenvalue weighted by atomic mass is 10.0. The van der Waals surface area contributed by atoms with Crippen LogP contribution in [0.3, 0.4) is 0 Å². The predicted molar refractivity (Wildman–Crippen MR) is 111 cm³/mol. The van der Waals surface area contributed by atoms with Crippen molar-refractivity contribution in [2.24, 2.45) is 0 Å². The van der Waals surface area contributed by atoms with Gasteiger partial charge >= 0.3 is 0 Å². The zero-order valence-corrected chi connectivity index (χ0v) is 17.1. The Morgan fingerprint density at radius 3 is 2.36 bits per heavy atom.